The van der Waals surface area contributed by atoms with Gasteiger partial charge in [-0.1, -0.05) is 18.2 Å². The Hall–Kier alpha value is -1.65. The van der Waals surface area contributed by atoms with Crippen LogP contribution in [0, 0.1) is 0 Å². The maximum atomic E-state index is 5.93. The van der Waals surface area contributed by atoms with Gasteiger partial charge in [-0.3, -0.25) is 4.98 Å². The number of nitrogens with two attached hydrogens (primary N) is 1. The quantitative estimate of drug-likeness (QED) is 0.904. The first-order valence-corrected chi connectivity index (χ1v) is 7.22. The first-order valence-electron chi connectivity index (χ1n) is 7.22. The van der Waals surface area contributed by atoms with Crippen molar-refractivity contribution in [1.82, 2.24) is 9.88 Å². The summed E-state index contributed by atoms with van der Waals surface area (Å²) in [5.74, 6) is 0. The predicted octanol–water partition coefficient (Wildman–Crippen LogP) is 1.83. The number of piperazine rings is 1. The van der Waals surface area contributed by atoms with Crippen molar-refractivity contribution in [2.24, 2.45) is 5.73 Å². The molecule has 1 unspecified atom stereocenters. The van der Waals surface area contributed by atoms with E-state index in [0.717, 1.165) is 30.7 Å². The van der Waals surface area contributed by atoms with Crippen molar-refractivity contribution >= 4 is 16.6 Å². The summed E-state index contributed by atoms with van der Waals surface area (Å²) in [5, 5.41) is 1.22. The van der Waals surface area contributed by atoms with E-state index in [1.165, 1.54) is 11.1 Å². The zero-order valence-corrected chi connectivity index (χ0v) is 12.2. The van der Waals surface area contributed by atoms with Crippen LogP contribution < -0.4 is 10.6 Å². The number of rotatable bonds is 2. The van der Waals surface area contributed by atoms with Crippen LogP contribution in [0.3, 0.4) is 0 Å². The Morgan fingerprint density at radius 1 is 1.30 bits per heavy atom. The topological polar surface area (TPSA) is 45.4 Å². The summed E-state index contributed by atoms with van der Waals surface area (Å²) >= 11 is 0. The van der Waals surface area contributed by atoms with Crippen molar-refractivity contribution in [1.29, 1.82) is 0 Å². The first kappa shape index (κ1) is 13.3. The molecule has 2 N–H and O–H groups in total. The van der Waals surface area contributed by atoms with Gasteiger partial charge in [0, 0.05) is 49.4 Å². The summed E-state index contributed by atoms with van der Waals surface area (Å²) in [5.41, 5.74) is 9.40. The SMILES string of the molecule is CC1CN(c2c(CN)cnc3ccccc23)CCN1C. The molecule has 0 radical (unpaired) electrons. The molecule has 1 aliphatic heterocycles. The summed E-state index contributed by atoms with van der Waals surface area (Å²) in [6.07, 6.45) is 1.93. The zero-order valence-electron chi connectivity index (χ0n) is 12.2. The molecule has 2 aromatic rings. The lowest BCUT2D eigenvalue weighted by Gasteiger charge is -2.40. The molecule has 1 atom stereocenters. The second-order valence-electron chi connectivity index (χ2n) is 5.63. The summed E-state index contributed by atoms with van der Waals surface area (Å²) in [6.45, 7) is 5.98. The van der Waals surface area contributed by atoms with Crippen molar-refractivity contribution in [3.05, 3.63) is 36.0 Å². The molecule has 1 fully saturated rings. The Morgan fingerprint density at radius 2 is 2.10 bits per heavy atom. The van der Waals surface area contributed by atoms with Gasteiger partial charge in [0.15, 0.2) is 0 Å². The van der Waals surface area contributed by atoms with Gasteiger partial charge in [-0.05, 0) is 20.0 Å². The van der Waals surface area contributed by atoms with Gasteiger partial charge in [-0.2, -0.15) is 0 Å². The van der Waals surface area contributed by atoms with Crippen LogP contribution in [0.4, 0.5) is 5.69 Å². The molecule has 1 aliphatic rings. The van der Waals surface area contributed by atoms with Gasteiger partial charge >= 0.3 is 0 Å². The molecule has 0 amide bonds. The highest BCUT2D eigenvalue weighted by Gasteiger charge is 2.23. The molecule has 0 aliphatic carbocycles. The minimum atomic E-state index is 0.536. The van der Waals surface area contributed by atoms with E-state index in [0.29, 0.717) is 12.6 Å². The van der Waals surface area contributed by atoms with Crippen LogP contribution in [0.15, 0.2) is 30.5 Å². The molecular formula is C16H22N4. The van der Waals surface area contributed by atoms with E-state index in [1.54, 1.807) is 0 Å². The van der Waals surface area contributed by atoms with E-state index < -0.39 is 0 Å². The fourth-order valence-electron chi connectivity index (χ4n) is 2.94. The van der Waals surface area contributed by atoms with Crippen molar-refractivity contribution in [2.75, 3.05) is 31.6 Å². The molecule has 20 heavy (non-hydrogen) atoms. The molecule has 106 valence electrons. The minimum absolute atomic E-state index is 0.536. The maximum Gasteiger partial charge on any atom is 0.0723 e. The van der Waals surface area contributed by atoms with Gasteiger partial charge in [0.05, 0.1) is 11.2 Å². The monoisotopic (exact) mass is 270 g/mol. The third-order valence-electron chi connectivity index (χ3n) is 4.32. The second-order valence-corrected chi connectivity index (χ2v) is 5.63. The average molecular weight is 270 g/mol. The molecule has 3 rings (SSSR count). The summed E-state index contributed by atoms with van der Waals surface area (Å²) in [4.78, 5) is 9.40. The lowest BCUT2D eigenvalue weighted by molar-refractivity contribution is 0.234. The molecule has 2 heterocycles. The second kappa shape index (κ2) is 5.38. The standard InChI is InChI=1S/C16H22N4/c1-12-11-20(8-7-19(12)2)16-13(9-17)10-18-15-6-4-3-5-14(15)16/h3-6,10,12H,7-9,11,17H2,1-2H3. The third kappa shape index (κ3) is 2.25. The van der Waals surface area contributed by atoms with Gasteiger partial charge in [0.25, 0.3) is 0 Å². The highest BCUT2D eigenvalue weighted by Crippen LogP contribution is 2.30. The number of fused-ring (bicyclic) bond motifs is 1. The number of hydrogen-bond donors (Lipinski definition) is 1. The Morgan fingerprint density at radius 3 is 2.85 bits per heavy atom. The molecule has 4 heteroatoms. The van der Waals surface area contributed by atoms with Gasteiger partial charge in [-0.25, -0.2) is 0 Å². The Bertz CT molecular complexity index is 610. The van der Waals surface area contributed by atoms with Crippen LogP contribution in [0.25, 0.3) is 10.9 Å². The third-order valence-corrected chi connectivity index (χ3v) is 4.32. The smallest absolute Gasteiger partial charge is 0.0723 e. The number of benzene rings is 1. The van der Waals surface area contributed by atoms with Crippen LogP contribution >= 0.6 is 0 Å². The van der Waals surface area contributed by atoms with Crippen LogP contribution in [0.1, 0.15) is 12.5 Å². The van der Waals surface area contributed by atoms with E-state index in [9.17, 15) is 0 Å². The fourth-order valence-corrected chi connectivity index (χ4v) is 2.94. The molecule has 1 saturated heterocycles. The van der Waals surface area contributed by atoms with Crippen molar-refractivity contribution < 1.29 is 0 Å². The normalized spacial score (nSPS) is 20.6. The molecule has 1 aromatic carbocycles. The molecule has 4 nitrogen and oxygen atoms in total. The molecule has 1 aromatic heterocycles. The molecular weight excluding hydrogens is 248 g/mol. The van der Waals surface area contributed by atoms with Crippen molar-refractivity contribution in [3.63, 3.8) is 0 Å². The summed E-state index contributed by atoms with van der Waals surface area (Å²) in [6, 6.07) is 8.89. The minimum Gasteiger partial charge on any atom is -0.368 e. The Kier molecular flexibility index (Phi) is 3.59. The van der Waals surface area contributed by atoms with E-state index >= 15 is 0 Å². The summed E-state index contributed by atoms with van der Waals surface area (Å²) < 4.78 is 0. The van der Waals surface area contributed by atoms with Gasteiger partial charge in [0.1, 0.15) is 0 Å². The Labute approximate surface area is 120 Å². The Balaban J connectivity index is 2.09. The lowest BCUT2D eigenvalue weighted by atomic mass is 10.1. The number of para-hydroxylation sites is 1. The average Bonchev–Trinajstić information content (AvgIpc) is 2.49. The lowest BCUT2D eigenvalue weighted by Crippen LogP contribution is -2.50. The number of pyridine rings is 1. The highest BCUT2D eigenvalue weighted by atomic mass is 15.3. The maximum absolute atomic E-state index is 5.93. The van der Waals surface area contributed by atoms with Gasteiger partial charge in [-0.15, -0.1) is 0 Å². The number of aromatic nitrogens is 1. The van der Waals surface area contributed by atoms with Crippen LogP contribution in [-0.2, 0) is 6.54 Å². The predicted molar refractivity (Wildman–Crippen MR) is 83.9 cm³/mol. The number of nitrogens with zero attached hydrogens (tertiary/aromatic N) is 3. The summed E-state index contributed by atoms with van der Waals surface area (Å²) in [7, 11) is 2.19. The molecule has 0 bridgehead atoms. The van der Waals surface area contributed by atoms with E-state index in [1.807, 2.05) is 12.3 Å². The van der Waals surface area contributed by atoms with E-state index in [-0.39, 0.29) is 0 Å². The fraction of sp³-hybridized carbons (Fsp3) is 0.438. The van der Waals surface area contributed by atoms with Crippen molar-refractivity contribution in [2.45, 2.75) is 19.5 Å². The molecule has 0 spiro atoms. The van der Waals surface area contributed by atoms with Gasteiger partial charge in [0.2, 0.25) is 0 Å². The number of hydrogen-bond acceptors (Lipinski definition) is 4. The number of likely N-dealkylation sites (N-methyl/N-ethyl adjacent to an activating group) is 1. The highest BCUT2D eigenvalue weighted by molar-refractivity contribution is 5.93. The number of anilines is 1. The first-order chi connectivity index (χ1) is 9.70. The zero-order chi connectivity index (χ0) is 14.1. The van der Waals surface area contributed by atoms with Crippen LogP contribution in [-0.4, -0.2) is 42.6 Å². The van der Waals surface area contributed by atoms with E-state index in [4.69, 9.17) is 5.73 Å². The van der Waals surface area contributed by atoms with Gasteiger partial charge < -0.3 is 15.5 Å². The van der Waals surface area contributed by atoms with Crippen molar-refractivity contribution in [3.8, 4) is 0 Å². The molecule has 0 saturated carbocycles. The van der Waals surface area contributed by atoms with Crippen LogP contribution in [0.2, 0.25) is 0 Å². The van der Waals surface area contributed by atoms with Crippen LogP contribution in [0.5, 0.6) is 0 Å². The van der Waals surface area contributed by atoms with E-state index in [2.05, 4.69) is 47.0 Å². The largest absolute Gasteiger partial charge is 0.368 e.